The van der Waals surface area contributed by atoms with Gasteiger partial charge in [-0.3, -0.25) is 10.1 Å². The Morgan fingerprint density at radius 2 is 1.96 bits per heavy atom. The van der Waals surface area contributed by atoms with E-state index in [9.17, 15) is 10.1 Å². The number of rotatable bonds is 5. The van der Waals surface area contributed by atoms with Gasteiger partial charge < -0.3 is 9.26 Å². The first-order valence-corrected chi connectivity index (χ1v) is 7.03. The Hall–Kier alpha value is -3.15. The Morgan fingerprint density at radius 3 is 2.70 bits per heavy atom. The van der Waals surface area contributed by atoms with Crippen LogP contribution >= 0.6 is 0 Å². The molecule has 6 heteroatoms. The quantitative estimate of drug-likeness (QED) is 0.523. The van der Waals surface area contributed by atoms with Crippen molar-refractivity contribution < 1.29 is 14.2 Å². The van der Waals surface area contributed by atoms with Crippen molar-refractivity contribution in [3.8, 4) is 17.1 Å². The van der Waals surface area contributed by atoms with Crippen molar-refractivity contribution in [3.05, 3.63) is 76.0 Å². The number of nitro groups is 1. The van der Waals surface area contributed by atoms with E-state index in [-0.39, 0.29) is 18.0 Å². The third kappa shape index (κ3) is 3.21. The summed E-state index contributed by atoms with van der Waals surface area (Å²) in [6.07, 6.45) is 0. The molecule has 0 saturated carbocycles. The summed E-state index contributed by atoms with van der Waals surface area (Å²) < 4.78 is 10.8. The third-order valence-corrected chi connectivity index (χ3v) is 3.38. The van der Waals surface area contributed by atoms with Crippen LogP contribution in [-0.2, 0) is 6.61 Å². The van der Waals surface area contributed by atoms with Gasteiger partial charge in [0.1, 0.15) is 12.3 Å². The number of hydrogen-bond donors (Lipinski definition) is 0. The summed E-state index contributed by atoms with van der Waals surface area (Å²) >= 11 is 0. The van der Waals surface area contributed by atoms with Gasteiger partial charge in [0.25, 0.3) is 0 Å². The van der Waals surface area contributed by atoms with Crippen molar-refractivity contribution in [2.45, 2.75) is 13.5 Å². The molecule has 3 aromatic rings. The van der Waals surface area contributed by atoms with Crippen molar-refractivity contribution in [2.24, 2.45) is 0 Å². The first-order chi connectivity index (χ1) is 11.1. The maximum absolute atomic E-state index is 11.1. The largest absolute Gasteiger partial charge is 0.480 e. The molecule has 1 heterocycles. The molecule has 0 fully saturated rings. The Morgan fingerprint density at radius 1 is 1.17 bits per heavy atom. The molecule has 0 spiro atoms. The lowest BCUT2D eigenvalue weighted by Crippen LogP contribution is -2.00. The highest BCUT2D eigenvalue weighted by atomic mass is 16.6. The highest BCUT2D eigenvalue weighted by Gasteiger charge is 2.18. The summed E-state index contributed by atoms with van der Waals surface area (Å²) in [5, 5.41) is 15.1. The van der Waals surface area contributed by atoms with Gasteiger partial charge >= 0.3 is 5.69 Å². The summed E-state index contributed by atoms with van der Waals surface area (Å²) in [5.74, 6) is 0.849. The van der Waals surface area contributed by atoms with E-state index in [0.29, 0.717) is 17.0 Å². The Balaban J connectivity index is 1.76. The second kappa shape index (κ2) is 6.31. The summed E-state index contributed by atoms with van der Waals surface area (Å²) in [6, 6.07) is 16.3. The maximum atomic E-state index is 11.1. The molecule has 1 aromatic heterocycles. The molecular weight excluding hydrogens is 296 g/mol. The van der Waals surface area contributed by atoms with E-state index in [4.69, 9.17) is 9.26 Å². The van der Waals surface area contributed by atoms with Crippen LogP contribution in [0.15, 0.2) is 59.1 Å². The number of nitrogens with zero attached hydrogens (tertiary/aromatic N) is 2. The van der Waals surface area contributed by atoms with E-state index >= 15 is 0 Å². The zero-order valence-corrected chi connectivity index (χ0v) is 12.4. The minimum Gasteiger partial charge on any atom is -0.480 e. The molecule has 0 aliphatic carbocycles. The van der Waals surface area contributed by atoms with Crippen LogP contribution < -0.4 is 4.74 Å². The van der Waals surface area contributed by atoms with Crippen molar-refractivity contribution >= 4 is 5.69 Å². The summed E-state index contributed by atoms with van der Waals surface area (Å²) in [5.41, 5.74) is 2.00. The fourth-order valence-electron chi connectivity index (χ4n) is 2.25. The molecule has 23 heavy (non-hydrogen) atoms. The van der Waals surface area contributed by atoms with Gasteiger partial charge in [-0.05, 0) is 13.0 Å². The Kier molecular flexibility index (Phi) is 4.05. The fourth-order valence-corrected chi connectivity index (χ4v) is 2.25. The number of ether oxygens (including phenoxy) is 1. The first-order valence-electron chi connectivity index (χ1n) is 7.03. The lowest BCUT2D eigenvalue weighted by atomic mass is 10.1. The number of aryl methyl sites for hydroxylation is 1. The van der Waals surface area contributed by atoms with Gasteiger partial charge in [0.05, 0.1) is 4.92 Å². The number of benzene rings is 2. The molecule has 0 aliphatic rings. The van der Waals surface area contributed by atoms with Crippen LogP contribution in [0, 0.1) is 17.0 Å². The lowest BCUT2D eigenvalue weighted by Gasteiger charge is -2.06. The molecule has 2 aromatic carbocycles. The second-order valence-electron chi connectivity index (χ2n) is 5.02. The zero-order valence-electron chi connectivity index (χ0n) is 12.4. The van der Waals surface area contributed by atoms with Gasteiger partial charge in [-0.2, -0.15) is 0 Å². The molecule has 0 N–H and O–H groups in total. The van der Waals surface area contributed by atoms with Crippen LogP contribution in [0.5, 0.6) is 5.75 Å². The van der Waals surface area contributed by atoms with Gasteiger partial charge in [-0.15, -0.1) is 0 Å². The van der Waals surface area contributed by atoms with E-state index in [1.165, 1.54) is 0 Å². The van der Waals surface area contributed by atoms with Gasteiger partial charge in [0.2, 0.25) is 0 Å². The van der Waals surface area contributed by atoms with E-state index in [1.54, 1.807) is 31.2 Å². The van der Waals surface area contributed by atoms with Crippen molar-refractivity contribution in [3.63, 3.8) is 0 Å². The van der Waals surface area contributed by atoms with Crippen molar-refractivity contribution in [1.29, 1.82) is 0 Å². The normalized spacial score (nSPS) is 10.5. The topological polar surface area (TPSA) is 78.4 Å². The molecule has 3 rings (SSSR count). The number of nitro benzene ring substituents is 1. The highest BCUT2D eigenvalue weighted by molar-refractivity contribution is 5.57. The third-order valence-electron chi connectivity index (χ3n) is 3.38. The lowest BCUT2D eigenvalue weighted by molar-refractivity contribution is -0.386. The van der Waals surface area contributed by atoms with Crippen molar-refractivity contribution in [2.75, 3.05) is 0 Å². The average molecular weight is 310 g/mol. The van der Waals surface area contributed by atoms with Crippen molar-refractivity contribution in [1.82, 2.24) is 5.16 Å². The molecule has 0 radical (unpaired) electrons. The predicted molar refractivity (Wildman–Crippen MR) is 84.1 cm³/mol. The number of hydrogen-bond acceptors (Lipinski definition) is 5. The maximum Gasteiger partial charge on any atom is 0.313 e. The number of aromatic nitrogens is 1. The van der Waals surface area contributed by atoms with Crippen LogP contribution in [-0.4, -0.2) is 10.1 Å². The fraction of sp³-hybridized carbons (Fsp3) is 0.118. The van der Waals surface area contributed by atoms with Crippen LogP contribution in [0.25, 0.3) is 11.3 Å². The smallest absolute Gasteiger partial charge is 0.313 e. The molecule has 0 saturated heterocycles. The van der Waals surface area contributed by atoms with Gasteiger partial charge in [-0.25, -0.2) is 0 Å². The van der Waals surface area contributed by atoms with Gasteiger partial charge in [0.15, 0.2) is 11.5 Å². The molecule has 116 valence electrons. The van der Waals surface area contributed by atoms with Crippen LogP contribution in [0.4, 0.5) is 5.69 Å². The van der Waals surface area contributed by atoms with Crippen LogP contribution in [0.2, 0.25) is 0 Å². The average Bonchev–Trinajstić information content (AvgIpc) is 3.02. The highest BCUT2D eigenvalue weighted by Crippen LogP contribution is 2.31. The molecule has 0 bridgehead atoms. The second-order valence-corrected chi connectivity index (χ2v) is 5.02. The predicted octanol–water partition coefficient (Wildman–Crippen LogP) is 4.14. The number of para-hydroxylation sites is 1. The van der Waals surface area contributed by atoms with E-state index < -0.39 is 4.92 Å². The zero-order chi connectivity index (χ0) is 16.2. The summed E-state index contributed by atoms with van der Waals surface area (Å²) in [7, 11) is 0. The van der Waals surface area contributed by atoms with Gasteiger partial charge in [-0.1, -0.05) is 47.6 Å². The molecule has 0 atom stereocenters. The van der Waals surface area contributed by atoms with Gasteiger partial charge in [0, 0.05) is 17.2 Å². The summed E-state index contributed by atoms with van der Waals surface area (Å²) in [6.45, 7) is 1.77. The molecular formula is C17H14N2O4. The standard InChI is InChI=1S/C17H14N2O4/c1-12-6-5-9-15(17(12)19(20)21)22-11-14-10-16(23-18-14)13-7-3-2-4-8-13/h2-10H,11H2,1H3. The molecule has 0 unspecified atom stereocenters. The van der Waals surface area contributed by atoms with Crippen LogP contribution in [0.1, 0.15) is 11.3 Å². The van der Waals surface area contributed by atoms with E-state index in [0.717, 1.165) is 5.56 Å². The van der Waals surface area contributed by atoms with E-state index in [1.807, 2.05) is 30.3 Å². The minimum atomic E-state index is -0.442. The van der Waals surface area contributed by atoms with E-state index in [2.05, 4.69) is 5.16 Å². The molecule has 0 aliphatic heterocycles. The SMILES string of the molecule is Cc1cccc(OCc2cc(-c3ccccc3)on2)c1[N+](=O)[O-]. The Bertz CT molecular complexity index is 828. The molecule has 0 amide bonds. The molecule has 6 nitrogen and oxygen atoms in total. The minimum absolute atomic E-state index is 0.0284. The first kappa shape index (κ1) is 14.8. The monoisotopic (exact) mass is 310 g/mol. The summed E-state index contributed by atoms with van der Waals surface area (Å²) in [4.78, 5) is 10.7. The van der Waals surface area contributed by atoms with Crippen LogP contribution in [0.3, 0.4) is 0 Å². The Labute approximate surface area is 132 Å².